The van der Waals surface area contributed by atoms with Gasteiger partial charge < -0.3 is 4.57 Å². The molecule has 2 aromatic heterocycles. The van der Waals surface area contributed by atoms with E-state index in [9.17, 15) is 8.42 Å². The molecule has 7 nitrogen and oxygen atoms in total. The zero-order valence-corrected chi connectivity index (χ0v) is 12.1. The van der Waals surface area contributed by atoms with Gasteiger partial charge in [-0.15, -0.1) is 0 Å². The van der Waals surface area contributed by atoms with Crippen LogP contribution < -0.4 is 0 Å². The van der Waals surface area contributed by atoms with Gasteiger partial charge in [-0.25, -0.2) is 13.4 Å². The van der Waals surface area contributed by atoms with Crippen LogP contribution in [-0.4, -0.2) is 44.9 Å². The highest BCUT2D eigenvalue weighted by atomic mass is 32.2. The van der Waals surface area contributed by atoms with E-state index in [1.54, 1.807) is 12.4 Å². The Morgan fingerprint density at radius 1 is 1.30 bits per heavy atom. The van der Waals surface area contributed by atoms with Crippen molar-refractivity contribution < 1.29 is 8.42 Å². The van der Waals surface area contributed by atoms with Gasteiger partial charge in [0.25, 0.3) is 0 Å². The predicted molar refractivity (Wildman–Crippen MR) is 73.2 cm³/mol. The van der Waals surface area contributed by atoms with Crippen molar-refractivity contribution in [2.24, 2.45) is 5.92 Å². The van der Waals surface area contributed by atoms with Crippen LogP contribution in [0.1, 0.15) is 5.82 Å². The number of imidazole rings is 1. The Labute approximate surface area is 117 Å². The maximum atomic E-state index is 11.9. The molecule has 0 N–H and O–H groups in total. The summed E-state index contributed by atoms with van der Waals surface area (Å²) in [6.07, 6.45) is 8.48. The second kappa shape index (κ2) is 5.02. The summed E-state index contributed by atoms with van der Waals surface area (Å²) in [5.41, 5.74) is 0. The SMILES string of the molecule is CS(=O)(=O)N1Cc2nccn2C[C@@H](Cn2cccn2)C1. The molecule has 20 heavy (non-hydrogen) atoms. The molecule has 0 spiro atoms. The average Bonchev–Trinajstić information content (AvgIpc) is 2.97. The topological polar surface area (TPSA) is 73.0 Å². The molecule has 1 atom stereocenters. The highest BCUT2D eigenvalue weighted by molar-refractivity contribution is 7.88. The summed E-state index contributed by atoms with van der Waals surface area (Å²) < 4.78 is 29.1. The standard InChI is InChI=1S/C12H17N5O2S/c1-20(18,19)17-9-11(8-16-5-2-3-14-16)7-15-6-4-13-12(15)10-17/h2-6,11H,7-10H2,1H3/t11-/m0/s1. The molecule has 3 heterocycles. The Balaban J connectivity index is 1.87. The van der Waals surface area contributed by atoms with Crippen LogP contribution in [0, 0.1) is 5.92 Å². The molecule has 0 radical (unpaired) electrons. The monoisotopic (exact) mass is 295 g/mol. The minimum atomic E-state index is -3.23. The average molecular weight is 295 g/mol. The van der Waals surface area contributed by atoms with Crippen molar-refractivity contribution in [3.05, 3.63) is 36.7 Å². The van der Waals surface area contributed by atoms with Crippen LogP contribution in [0.2, 0.25) is 0 Å². The molecule has 1 aliphatic heterocycles. The van der Waals surface area contributed by atoms with E-state index >= 15 is 0 Å². The summed E-state index contributed by atoms with van der Waals surface area (Å²) in [6, 6.07) is 1.87. The highest BCUT2D eigenvalue weighted by Gasteiger charge is 2.27. The lowest BCUT2D eigenvalue weighted by Gasteiger charge is -2.21. The molecule has 108 valence electrons. The summed E-state index contributed by atoms with van der Waals surface area (Å²) in [4.78, 5) is 4.25. The van der Waals surface area contributed by atoms with Gasteiger partial charge in [0.1, 0.15) is 5.82 Å². The van der Waals surface area contributed by atoms with Gasteiger partial charge >= 0.3 is 0 Å². The van der Waals surface area contributed by atoms with Crippen LogP contribution in [0.25, 0.3) is 0 Å². The molecule has 2 aromatic rings. The molecule has 0 saturated heterocycles. The van der Waals surface area contributed by atoms with Crippen LogP contribution >= 0.6 is 0 Å². The number of aromatic nitrogens is 4. The first-order valence-corrected chi connectivity index (χ1v) is 8.30. The van der Waals surface area contributed by atoms with Gasteiger partial charge in [0, 0.05) is 50.3 Å². The maximum absolute atomic E-state index is 11.9. The zero-order chi connectivity index (χ0) is 14.2. The summed E-state index contributed by atoms with van der Waals surface area (Å²) in [7, 11) is -3.23. The number of fused-ring (bicyclic) bond motifs is 1. The minimum Gasteiger partial charge on any atom is -0.333 e. The fraction of sp³-hybridized carbons (Fsp3) is 0.500. The molecule has 0 fully saturated rings. The van der Waals surface area contributed by atoms with Gasteiger partial charge in [-0.05, 0) is 6.07 Å². The van der Waals surface area contributed by atoms with E-state index < -0.39 is 10.0 Å². The third kappa shape index (κ3) is 2.75. The Hall–Kier alpha value is -1.67. The van der Waals surface area contributed by atoms with Crippen LogP contribution in [0.3, 0.4) is 0 Å². The predicted octanol–water partition coefficient (Wildman–Crippen LogP) is 0.171. The molecule has 1 aliphatic rings. The first-order chi connectivity index (χ1) is 9.52. The fourth-order valence-electron chi connectivity index (χ4n) is 2.55. The maximum Gasteiger partial charge on any atom is 0.211 e. The summed E-state index contributed by atoms with van der Waals surface area (Å²) in [5, 5.41) is 4.20. The van der Waals surface area contributed by atoms with E-state index in [0.717, 1.165) is 12.4 Å². The molecule has 0 amide bonds. The van der Waals surface area contributed by atoms with E-state index in [2.05, 4.69) is 10.1 Å². The van der Waals surface area contributed by atoms with Gasteiger partial charge in [-0.1, -0.05) is 0 Å². The number of sulfonamides is 1. The van der Waals surface area contributed by atoms with Crippen LogP contribution in [0.4, 0.5) is 0 Å². The lowest BCUT2D eigenvalue weighted by molar-refractivity contribution is 0.304. The van der Waals surface area contributed by atoms with E-state index in [4.69, 9.17) is 0 Å². The molecule has 0 unspecified atom stereocenters. The smallest absolute Gasteiger partial charge is 0.211 e. The molecule has 0 aliphatic carbocycles. The summed E-state index contributed by atoms with van der Waals surface area (Å²) in [6.45, 7) is 2.27. The van der Waals surface area contributed by atoms with Gasteiger partial charge in [-0.2, -0.15) is 9.40 Å². The molecular formula is C12H17N5O2S. The summed E-state index contributed by atoms with van der Waals surface area (Å²) in [5.74, 6) is 0.957. The van der Waals surface area contributed by atoms with Crippen molar-refractivity contribution >= 4 is 10.0 Å². The Morgan fingerprint density at radius 3 is 2.85 bits per heavy atom. The Kier molecular flexibility index (Phi) is 3.35. The number of hydrogen-bond acceptors (Lipinski definition) is 4. The van der Waals surface area contributed by atoms with Crippen molar-refractivity contribution in [1.82, 2.24) is 23.6 Å². The summed E-state index contributed by atoms with van der Waals surface area (Å²) >= 11 is 0. The lowest BCUT2D eigenvalue weighted by atomic mass is 10.1. The van der Waals surface area contributed by atoms with Crippen molar-refractivity contribution in [2.45, 2.75) is 19.6 Å². The van der Waals surface area contributed by atoms with E-state index in [-0.39, 0.29) is 5.92 Å². The zero-order valence-electron chi connectivity index (χ0n) is 11.3. The van der Waals surface area contributed by atoms with Crippen LogP contribution in [-0.2, 0) is 29.7 Å². The third-order valence-electron chi connectivity index (χ3n) is 3.51. The van der Waals surface area contributed by atoms with Gasteiger partial charge in [0.2, 0.25) is 10.0 Å². The molecule has 0 saturated carbocycles. The van der Waals surface area contributed by atoms with Gasteiger partial charge in [0.15, 0.2) is 0 Å². The van der Waals surface area contributed by atoms with Crippen molar-refractivity contribution in [3.63, 3.8) is 0 Å². The van der Waals surface area contributed by atoms with Crippen molar-refractivity contribution in [1.29, 1.82) is 0 Å². The molecular weight excluding hydrogens is 278 g/mol. The third-order valence-corrected chi connectivity index (χ3v) is 4.73. The van der Waals surface area contributed by atoms with Crippen LogP contribution in [0.5, 0.6) is 0 Å². The molecule has 0 bridgehead atoms. The number of rotatable bonds is 3. The Morgan fingerprint density at radius 2 is 2.15 bits per heavy atom. The quantitative estimate of drug-likeness (QED) is 0.809. The first-order valence-electron chi connectivity index (χ1n) is 6.45. The first kappa shape index (κ1) is 13.3. The largest absolute Gasteiger partial charge is 0.333 e. The van der Waals surface area contributed by atoms with Gasteiger partial charge in [0.05, 0.1) is 12.8 Å². The van der Waals surface area contributed by atoms with E-state index in [0.29, 0.717) is 19.6 Å². The normalized spacial score (nSPS) is 20.6. The second-order valence-electron chi connectivity index (χ2n) is 5.15. The van der Waals surface area contributed by atoms with Crippen LogP contribution in [0.15, 0.2) is 30.9 Å². The molecule has 8 heteroatoms. The van der Waals surface area contributed by atoms with E-state index in [1.807, 2.05) is 27.7 Å². The highest BCUT2D eigenvalue weighted by Crippen LogP contribution is 2.18. The van der Waals surface area contributed by atoms with E-state index in [1.165, 1.54) is 10.6 Å². The number of hydrogen-bond donors (Lipinski definition) is 0. The molecule has 0 aromatic carbocycles. The molecule has 3 rings (SSSR count). The fourth-order valence-corrected chi connectivity index (χ4v) is 3.38. The van der Waals surface area contributed by atoms with Crippen molar-refractivity contribution in [2.75, 3.05) is 12.8 Å². The number of nitrogens with zero attached hydrogens (tertiary/aromatic N) is 5. The van der Waals surface area contributed by atoms with Gasteiger partial charge in [-0.3, -0.25) is 4.68 Å². The van der Waals surface area contributed by atoms with Crippen molar-refractivity contribution in [3.8, 4) is 0 Å². The second-order valence-corrected chi connectivity index (χ2v) is 7.13. The lowest BCUT2D eigenvalue weighted by Crippen LogP contribution is -2.34. The minimum absolute atomic E-state index is 0.167. The Bertz CT molecular complexity index is 677.